The van der Waals surface area contributed by atoms with Gasteiger partial charge in [0.2, 0.25) is 5.91 Å². The van der Waals surface area contributed by atoms with Gasteiger partial charge < -0.3 is 28.5 Å². The Balaban J connectivity index is 5.23. The van der Waals surface area contributed by atoms with Gasteiger partial charge in [-0.25, -0.2) is 0 Å². The predicted molar refractivity (Wildman–Crippen MR) is 307 cm³/mol. The van der Waals surface area contributed by atoms with Crippen molar-refractivity contribution in [3.8, 4) is 0 Å². The van der Waals surface area contributed by atoms with Crippen molar-refractivity contribution in [1.82, 2.24) is 5.32 Å². The number of esters is 1. The number of amides is 1. The molecule has 0 heterocycles. The average Bonchev–Trinajstić information content (AvgIpc) is 3.34. The molecule has 10 heteroatoms. The lowest BCUT2D eigenvalue weighted by Gasteiger charge is -2.30. The molecule has 0 aliphatic carbocycles. The van der Waals surface area contributed by atoms with Gasteiger partial charge in [0.1, 0.15) is 19.3 Å². The number of carbonyl (C=O) groups is 2. The fourth-order valence-corrected chi connectivity index (χ4v) is 8.72. The van der Waals surface area contributed by atoms with Crippen molar-refractivity contribution in [2.75, 3.05) is 40.9 Å². The van der Waals surface area contributed by atoms with Gasteiger partial charge in [-0.2, -0.15) is 0 Å². The Kier molecular flexibility index (Phi) is 49.6. The number of phosphoric acid groups is 1. The van der Waals surface area contributed by atoms with Crippen molar-refractivity contribution < 1.29 is 37.3 Å². The number of nitrogens with zero attached hydrogens (tertiary/aromatic N) is 1. The Hall–Kier alpha value is -2.81. The van der Waals surface area contributed by atoms with E-state index in [0.717, 1.165) is 122 Å². The van der Waals surface area contributed by atoms with Crippen LogP contribution >= 0.6 is 7.82 Å². The van der Waals surface area contributed by atoms with E-state index in [1.165, 1.54) is 83.5 Å². The lowest BCUT2D eigenvalue weighted by atomic mass is 10.0. The van der Waals surface area contributed by atoms with E-state index in [-0.39, 0.29) is 24.9 Å². The summed E-state index contributed by atoms with van der Waals surface area (Å²) in [4.78, 5) is 39.8. The first-order valence-corrected chi connectivity index (χ1v) is 30.9. The van der Waals surface area contributed by atoms with E-state index in [9.17, 15) is 19.0 Å². The van der Waals surface area contributed by atoms with E-state index in [0.29, 0.717) is 23.9 Å². The summed E-state index contributed by atoms with van der Waals surface area (Å²) in [6, 6.07) is -0.899. The van der Waals surface area contributed by atoms with E-state index in [4.69, 9.17) is 13.8 Å². The number of ether oxygens (including phenoxy) is 1. The monoisotopic (exact) mass is 1030 g/mol. The highest BCUT2D eigenvalue weighted by Crippen LogP contribution is 2.38. The molecule has 0 rings (SSSR count). The topological polar surface area (TPSA) is 114 Å². The zero-order valence-electron chi connectivity index (χ0n) is 47.4. The lowest BCUT2D eigenvalue weighted by molar-refractivity contribution is -0.870. The summed E-state index contributed by atoms with van der Waals surface area (Å²) in [5.74, 6) is -0.569. The molecule has 1 amide bonds. The number of nitrogens with one attached hydrogen (secondary N) is 1. The van der Waals surface area contributed by atoms with E-state index in [2.05, 4.69) is 99.0 Å². The van der Waals surface area contributed by atoms with Crippen LogP contribution in [-0.4, -0.2) is 69.4 Å². The molecule has 416 valence electrons. The van der Waals surface area contributed by atoms with Crippen LogP contribution < -0.4 is 10.2 Å². The number of unbranched alkanes of at least 4 members (excludes halogenated alkanes) is 24. The van der Waals surface area contributed by atoms with Crippen molar-refractivity contribution >= 4 is 19.7 Å². The van der Waals surface area contributed by atoms with Crippen molar-refractivity contribution in [3.05, 3.63) is 85.1 Å². The van der Waals surface area contributed by atoms with Crippen LogP contribution in [0.25, 0.3) is 0 Å². The fourth-order valence-electron chi connectivity index (χ4n) is 8.00. The maximum atomic E-state index is 13.4. The lowest BCUT2D eigenvalue weighted by Crippen LogP contribution is -2.47. The van der Waals surface area contributed by atoms with Gasteiger partial charge in [0.25, 0.3) is 7.82 Å². The number of hydrogen-bond donors (Lipinski definition) is 1. The quantitative estimate of drug-likeness (QED) is 0.0212. The van der Waals surface area contributed by atoms with Gasteiger partial charge >= 0.3 is 5.97 Å². The summed E-state index contributed by atoms with van der Waals surface area (Å²) in [5, 5.41) is 3.01. The van der Waals surface area contributed by atoms with Gasteiger partial charge in [0.05, 0.1) is 33.8 Å². The minimum atomic E-state index is -4.70. The molecular weight excluding hydrogens is 916 g/mol. The number of carbonyl (C=O) groups excluding carboxylic acids is 2. The highest BCUT2D eigenvalue weighted by Gasteiger charge is 2.27. The Bertz CT molecular complexity index is 1510. The van der Waals surface area contributed by atoms with Crippen LogP contribution in [0.1, 0.15) is 245 Å². The first-order valence-electron chi connectivity index (χ1n) is 29.4. The molecule has 0 saturated heterocycles. The predicted octanol–water partition coefficient (Wildman–Crippen LogP) is 17.2. The first kappa shape index (κ1) is 69.2. The van der Waals surface area contributed by atoms with Crippen molar-refractivity contribution in [2.24, 2.45) is 0 Å². The minimum Gasteiger partial charge on any atom is -0.756 e. The third-order valence-electron chi connectivity index (χ3n) is 12.6. The summed E-state index contributed by atoms with van der Waals surface area (Å²) in [6.07, 6.45) is 66.9. The van der Waals surface area contributed by atoms with Crippen LogP contribution in [0.5, 0.6) is 0 Å². The molecule has 0 aliphatic rings. The molecule has 0 saturated carbocycles. The zero-order chi connectivity index (χ0) is 52.9. The Labute approximate surface area is 444 Å². The van der Waals surface area contributed by atoms with Crippen LogP contribution in [0.4, 0.5) is 0 Å². The van der Waals surface area contributed by atoms with Gasteiger partial charge in [-0.3, -0.25) is 14.2 Å². The molecule has 3 unspecified atom stereocenters. The van der Waals surface area contributed by atoms with Crippen LogP contribution in [0.15, 0.2) is 85.1 Å². The van der Waals surface area contributed by atoms with Gasteiger partial charge in [-0.15, -0.1) is 0 Å². The highest BCUT2D eigenvalue weighted by molar-refractivity contribution is 7.45. The van der Waals surface area contributed by atoms with Gasteiger partial charge in [-0.1, -0.05) is 222 Å². The SMILES string of the molecule is CC/C=C\C/C=C\C/C=C\C/C=C\C/C=C\CCCCCCCCCC(=O)OC(/C=C\CCCCCCCCCCCC)C(COP(=O)([O-])OCC[N+](C)(C)C)NC(=O)CCCCCCC/C=C\CCCC. The first-order chi connectivity index (χ1) is 34.9. The van der Waals surface area contributed by atoms with E-state index >= 15 is 0 Å². The molecule has 0 aromatic carbocycles. The standard InChI is InChI=1S/C62H111N2O7P/c1-7-10-13-16-19-22-25-27-28-29-30-31-32-33-34-35-36-37-40-43-46-49-52-55-62(66)71-60(53-50-47-44-41-39-26-23-20-17-14-11-8-2)59(58-70-72(67,68)69-57-56-64(4,5)6)63-61(65)54-51-48-45-42-38-24-21-18-15-12-9-3/h10,13,18-19,21-22,27-28,30-31,33-34,50,53,59-60H,7-9,11-12,14-17,20,23-26,29,32,35-49,51-52,54-58H2,1-6H3,(H-,63,65,67,68)/b13-10-,21-18-,22-19-,28-27-,31-30-,34-33-,53-50-. The second kappa shape index (κ2) is 51.7. The number of hydrogen-bond acceptors (Lipinski definition) is 7. The molecule has 1 N–H and O–H groups in total. The third-order valence-corrected chi connectivity index (χ3v) is 13.5. The molecule has 3 atom stereocenters. The van der Waals surface area contributed by atoms with Gasteiger partial charge in [0, 0.05) is 12.8 Å². The summed E-state index contributed by atoms with van der Waals surface area (Å²) in [6.45, 7) is 6.66. The summed E-state index contributed by atoms with van der Waals surface area (Å²) >= 11 is 0. The Morgan fingerprint density at radius 3 is 1.39 bits per heavy atom. The fraction of sp³-hybridized carbons (Fsp3) is 0.742. The second-order valence-corrected chi connectivity index (χ2v) is 22.2. The number of allylic oxidation sites excluding steroid dienone is 13. The molecule has 0 radical (unpaired) electrons. The van der Waals surface area contributed by atoms with Gasteiger partial charge in [0.15, 0.2) is 0 Å². The molecule has 0 spiro atoms. The molecule has 0 fully saturated rings. The number of phosphoric ester groups is 1. The van der Waals surface area contributed by atoms with Crippen LogP contribution in [0, 0.1) is 0 Å². The Morgan fingerprint density at radius 1 is 0.500 bits per heavy atom. The van der Waals surface area contributed by atoms with E-state index < -0.39 is 26.6 Å². The van der Waals surface area contributed by atoms with Crippen LogP contribution in [0.2, 0.25) is 0 Å². The Morgan fingerprint density at radius 2 is 0.903 bits per heavy atom. The molecule has 0 bridgehead atoms. The summed E-state index contributed by atoms with van der Waals surface area (Å²) < 4.78 is 30.2. The number of likely N-dealkylation sites (N-methyl/N-ethyl adjacent to an activating group) is 1. The smallest absolute Gasteiger partial charge is 0.306 e. The van der Waals surface area contributed by atoms with E-state index in [1.54, 1.807) is 0 Å². The third kappa shape index (κ3) is 52.1. The zero-order valence-corrected chi connectivity index (χ0v) is 48.3. The summed E-state index contributed by atoms with van der Waals surface area (Å²) in [5.41, 5.74) is 0. The maximum absolute atomic E-state index is 13.4. The molecule has 0 aromatic heterocycles. The minimum absolute atomic E-state index is 0.0290. The molecular formula is C62H111N2O7P. The average molecular weight is 1030 g/mol. The second-order valence-electron chi connectivity index (χ2n) is 20.8. The van der Waals surface area contributed by atoms with Crippen molar-refractivity contribution in [1.29, 1.82) is 0 Å². The van der Waals surface area contributed by atoms with E-state index in [1.807, 2.05) is 33.3 Å². The molecule has 9 nitrogen and oxygen atoms in total. The molecule has 72 heavy (non-hydrogen) atoms. The number of quaternary nitrogens is 1. The number of rotatable bonds is 52. The van der Waals surface area contributed by atoms with Crippen LogP contribution in [0.3, 0.4) is 0 Å². The normalized spacial score (nSPS) is 14.4. The van der Waals surface area contributed by atoms with Gasteiger partial charge in [-0.05, 0) is 96.0 Å². The van der Waals surface area contributed by atoms with Crippen LogP contribution in [-0.2, 0) is 27.9 Å². The molecule has 0 aliphatic heterocycles. The van der Waals surface area contributed by atoms with Crippen molar-refractivity contribution in [2.45, 2.75) is 258 Å². The highest BCUT2D eigenvalue weighted by atomic mass is 31.2. The van der Waals surface area contributed by atoms with Crippen molar-refractivity contribution in [3.63, 3.8) is 0 Å². The summed E-state index contributed by atoms with van der Waals surface area (Å²) in [7, 11) is 1.16. The largest absolute Gasteiger partial charge is 0.756 e. The maximum Gasteiger partial charge on any atom is 0.306 e. The molecule has 0 aromatic rings.